The van der Waals surface area contributed by atoms with Crippen LogP contribution in [0.3, 0.4) is 0 Å². The molecule has 0 N–H and O–H groups in total. The van der Waals surface area contributed by atoms with Crippen LogP contribution in [0.4, 0.5) is 0 Å². The van der Waals surface area contributed by atoms with Gasteiger partial charge in [-0.1, -0.05) is 26.8 Å². The summed E-state index contributed by atoms with van der Waals surface area (Å²) in [6, 6.07) is 1.96. The quantitative estimate of drug-likeness (QED) is 0.656. The van der Waals surface area contributed by atoms with Gasteiger partial charge in [-0.2, -0.15) is 0 Å². The fourth-order valence-electron chi connectivity index (χ4n) is 1.77. The first-order valence-corrected chi connectivity index (χ1v) is 5.09. The third-order valence-corrected chi connectivity index (χ3v) is 2.43. The van der Waals surface area contributed by atoms with E-state index in [-0.39, 0.29) is 0 Å². The maximum absolute atomic E-state index is 10.8. The van der Waals surface area contributed by atoms with Crippen molar-refractivity contribution in [3.63, 3.8) is 0 Å². The minimum atomic E-state index is 0.709. The predicted molar refractivity (Wildman–Crippen MR) is 59.6 cm³/mol. The van der Waals surface area contributed by atoms with E-state index >= 15 is 0 Å². The molecule has 1 rings (SSSR count). The lowest BCUT2D eigenvalue weighted by atomic mass is 10.1. The van der Waals surface area contributed by atoms with Crippen molar-refractivity contribution in [3.8, 4) is 0 Å². The van der Waals surface area contributed by atoms with Crippen LogP contribution in [0.5, 0.6) is 0 Å². The molecule has 0 radical (unpaired) electrons. The minimum absolute atomic E-state index is 0.709. The second-order valence-electron chi connectivity index (χ2n) is 3.32. The molecule has 0 aliphatic rings. The summed E-state index contributed by atoms with van der Waals surface area (Å²) >= 11 is 0. The lowest BCUT2D eigenvalue weighted by Gasteiger charge is -2.05. The topological polar surface area (TPSA) is 22.0 Å². The molecule has 0 spiro atoms. The molecule has 0 fully saturated rings. The first-order valence-electron chi connectivity index (χ1n) is 5.09. The molecule has 1 heterocycles. The molecule has 2 nitrogen and oxygen atoms in total. The molecule has 0 bridgehead atoms. The molecule has 0 saturated heterocycles. The Bertz CT molecular complexity index is 336. The Morgan fingerprint density at radius 1 is 1.50 bits per heavy atom. The van der Waals surface area contributed by atoms with Crippen molar-refractivity contribution in [2.45, 2.75) is 33.1 Å². The summed E-state index contributed by atoms with van der Waals surface area (Å²) in [6.45, 7) is 7.98. The minimum Gasteiger partial charge on any atom is -0.318 e. The van der Waals surface area contributed by atoms with Gasteiger partial charge in [-0.25, -0.2) is 0 Å². The summed E-state index contributed by atoms with van der Waals surface area (Å²) in [6.07, 6.45) is 5.66. The van der Waals surface area contributed by atoms with Gasteiger partial charge in [-0.3, -0.25) is 4.79 Å². The molecule has 0 aliphatic heterocycles. The number of hydrogen-bond donors (Lipinski definition) is 0. The Hall–Kier alpha value is -1.31. The van der Waals surface area contributed by atoms with Crippen LogP contribution >= 0.6 is 0 Å². The van der Waals surface area contributed by atoms with E-state index < -0.39 is 0 Å². The van der Waals surface area contributed by atoms with Crippen LogP contribution in [0.2, 0.25) is 0 Å². The second-order valence-corrected chi connectivity index (χ2v) is 3.32. The Labute approximate surface area is 85.2 Å². The number of rotatable bonds is 5. The Kier molecular flexibility index (Phi) is 3.69. The standard InChI is InChI=1S/C12H17NO/c1-4-7-12-10(5-2)8-11(9-14)13(12)6-3/h6,8-9H,3-5,7H2,1-2H3. The SMILES string of the molecule is C=Cn1c(C=O)cc(CC)c1CCC. The first kappa shape index (κ1) is 10.8. The van der Waals surface area contributed by atoms with E-state index in [4.69, 9.17) is 0 Å². The highest BCUT2D eigenvalue weighted by atomic mass is 16.1. The largest absolute Gasteiger partial charge is 0.318 e. The van der Waals surface area contributed by atoms with Crippen molar-refractivity contribution in [1.82, 2.24) is 4.57 Å². The molecule has 0 aliphatic carbocycles. The van der Waals surface area contributed by atoms with Gasteiger partial charge < -0.3 is 4.57 Å². The van der Waals surface area contributed by atoms with Crippen molar-refractivity contribution >= 4 is 12.5 Å². The summed E-state index contributed by atoms with van der Waals surface area (Å²) in [5.74, 6) is 0. The zero-order valence-electron chi connectivity index (χ0n) is 8.92. The van der Waals surface area contributed by atoms with E-state index in [2.05, 4.69) is 20.4 Å². The van der Waals surface area contributed by atoms with E-state index in [9.17, 15) is 4.79 Å². The van der Waals surface area contributed by atoms with Gasteiger partial charge in [0.2, 0.25) is 0 Å². The van der Waals surface area contributed by atoms with Crippen LogP contribution in [0, 0.1) is 0 Å². The van der Waals surface area contributed by atoms with Gasteiger partial charge >= 0.3 is 0 Å². The first-order chi connectivity index (χ1) is 6.78. The molecular formula is C12H17NO. The monoisotopic (exact) mass is 191 g/mol. The van der Waals surface area contributed by atoms with Crippen molar-refractivity contribution in [3.05, 3.63) is 29.6 Å². The molecule has 0 unspecified atom stereocenters. The number of nitrogens with zero attached hydrogens (tertiary/aromatic N) is 1. The summed E-state index contributed by atoms with van der Waals surface area (Å²) in [4.78, 5) is 10.8. The van der Waals surface area contributed by atoms with E-state index in [1.54, 1.807) is 6.20 Å². The molecule has 0 atom stereocenters. The normalized spacial score (nSPS) is 10.1. The van der Waals surface area contributed by atoms with Crippen molar-refractivity contribution in [2.24, 2.45) is 0 Å². The van der Waals surface area contributed by atoms with Gasteiger partial charge in [0, 0.05) is 11.9 Å². The van der Waals surface area contributed by atoms with Crippen LogP contribution in [0.15, 0.2) is 12.6 Å². The number of aryl methyl sites for hydroxylation is 1. The van der Waals surface area contributed by atoms with E-state index in [1.165, 1.54) is 11.3 Å². The molecule has 1 aromatic heterocycles. The number of hydrogen-bond acceptors (Lipinski definition) is 1. The third-order valence-electron chi connectivity index (χ3n) is 2.43. The zero-order valence-corrected chi connectivity index (χ0v) is 8.92. The fraction of sp³-hybridized carbons (Fsp3) is 0.417. The molecule has 0 aromatic carbocycles. The number of carbonyl (C=O) groups is 1. The van der Waals surface area contributed by atoms with E-state index in [0.29, 0.717) is 5.69 Å². The molecule has 2 heteroatoms. The number of aldehydes is 1. The van der Waals surface area contributed by atoms with Crippen molar-refractivity contribution in [2.75, 3.05) is 0 Å². The number of carbonyl (C=O) groups excluding carboxylic acids is 1. The smallest absolute Gasteiger partial charge is 0.166 e. The summed E-state index contributed by atoms with van der Waals surface area (Å²) in [5, 5.41) is 0. The molecule has 14 heavy (non-hydrogen) atoms. The predicted octanol–water partition coefficient (Wildman–Crippen LogP) is 2.92. The zero-order chi connectivity index (χ0) is 10.6. The fourth-order valence-corrected chi connectivity index (χ4v) is 1.77. The second kappa shape index (κ2) is 4.80. The van der Waals surface area contributed by atoms with Gasteiger partial charge in [-0.15, -0.1) is 0 Å². The van der Waals surface area contributed by atoms with Crippen LogP contribution in [0.1, 0.15) is 42.0 Å². The highest BCUT2D eigenvalue weighted by Crippen LogP contribution is 2.18. The van der Waals surface area contributed by atoms with Gasteiger partial charge in [0.1, 0.15) is 0 Å². The highest BCUT2D eigenvalue weighted by Gasteiger charge is 2.10. The molecular weight excluding hydrogens is 174 g/mol. The third kappa shape index (κ3) is 1.79. The summed E-state index contributed by atoms with van der Waals surface area (Å²) < 4.78 is 1.90. The van der Waals surface area contributed by atoms with Crippen molar-refractivity contribution in [1.29, 1.82) is 0 Å². The summed E-state index contributed by atoms with van der Waals surface area (Å²) in [5.41, 5.74) is 3.20. The highest BCUT2D eigenvalue weighted by molar-refractivity contribution is 5.75. The lowest BCUT2D eigenvalue weighted by molar-refractivity contribution is 0.111. The molecule has 76 valence electrons. The van der Waals surface area contributed by atoms with Gasteiger partial charge in [0.05, 0.1) is 5.69 Å². The van der Waals surface area contributed by atoms with Gasteiger partial charge in [0.25, 0.3) is 0 Å². The summed E-state index contributed by atoms with van der Waals surface area (Å²) in [7, 11) is 0. The number of aromatic nitrogens is 1. The Morgan fingerprint density at radius 3 is 2.64 bits per heavy atom. The molecule has 0 saturated carbocycles. The van der Waals surface area contributed by atoms with E-state index in [0.717, 1.165) is 25.5 Å². The Balaban J connectivity index is 3.24. The van der Waals surface area contributed by atoms with Crippen LogP contribution in [-0.4, -0.2) is 10.9 Å². The van der Waals surface area contributed by atoms with Gasteiger partial charge in [-0.05, 0) is 24.5 Å². The van der Waals surface area contributed by atoms with Crippen LogP contribution in [0.25, 0.3) is 6.20 Å². The molecule has 0 amide bonds. The van der Waals surface area contributed by atoms with E-state index in [1.807, 2.05) is 10.6 Å². The maximum Gasteiger partial charge on any atom is 0.166 e. The van der Waals surface area contributed by atoms with Crippen molar-refractivity contribution < 1.29 is 4.79 Å². The van der Waals surface area contributed by atoms with Crippen LogP contribution in [-0.2, 0) is 12.8 Å². The average Bonchev–Trinajstić information content (AvgIpc) is 2.56. The lowest BCUT2D eigenvalue weighted by Crippen LogP contribution is -1.99. The van der Waals surface area contributed by atoms with Gasteiger partial charge in [0.15, 0.2) is 6.29 Å². The maximum atomic E-state index is 10.8. The molecule has 1 aromatic rings. The Morgan fingerprint density at radius 2 is 2.21 bits per heavy atom. The van der Waals surface area contributed by atoms with Crippen LogP contribution < -0.4 is 0 Å². The average molecular weight is 191 g/mol.